The Labute approximate surface area is 201 Å². The summed E-state index contributed by atoms with van der Waals surface area (Å²) in [6, 6.07) is -0.878. The van der Waals surface area contributed by atoms with E-state index in [1.807, 2.05) is 0 Å². The first kappa shape index (κ1) is 29.0. The second-order valence-corrected chi connectivity index (χ2v) is 9.66. The number of nitrogens with two attached hydrogens (primary N) is 4. The smallest absolute Gasteiger partial charge is 0.200 e. The number of rotatable bonds is 12. The van der Waals surface area contributed by atoms with Gasteiger partial charge in [0.05, 0.1) is 12.7 Å². The largest absolute Gasteiger partial charge is 0.508 e. The molecule has 2 aliphatic rings. The number of aliphatic hydroxyl groups is 7. The molecule has 0 amide bonds. The molecule has 0 bridgehead atoms. The van der Waals surface area contributed by atoms with Crippen molar-refractivity contribution >= 4 is 12.6 Å². The molecular formula is C19H36N4O10S. The van der Waals surface area contributed by atoms with Crippen molar-refractivity contribution in [3.05, 3.63) is 23.2 Å². The molecule has 0 aromatic heterocycles. The van der Waals surface area contributed by atoms with Gasteiger partial charge in [0.25, 0.3) is 0 Å². The van der Waals surface area contributed by atoms with Crippen LogP contribution >= 0.6 is 12.6 Å². The van der Waals surface area contributed by atoms with E-state index >= 15 is 0 Å². The zero-order chi connectivity index (χ0) is 26.0. The van der Waals surface area contributed by atoms with Gasteiger partial charge in [-0.15, -0.1) is 12.6 Å². The van der Waals surface area contributed by atoms with Crippen LogP contribution in [-0.2, 0) is 14.2 Å². The molecule has 198 valence electrons. The number of hydrogen-bond acceptors (Lipinski definition) is 15. The van der Waals surface area contributed by atoms with Crippen molar-refractivity contribution in [1.29, 1.82) is 0 Å². The summed E-state index contributed by atoms with van der Waals surface area (Å²) in [6.45, 7) is 0.759. The molecule has 14 nitrogen and oxygen atoms in total. The van der Waals surface area contributed by atoms with E-state index in [4.69, 9.17) is 37.1 Å². The lowest BCUT2D eigenvalue weighted by Crippen LogP contribution is -2.40. The van der Waals surface area contributed by atoms with Crippen LogP contribution in [0.2, 0.25) is 0 Å². The van der Waals surface area contributed by atoms with E-state index in [1.165, 1.54) is 13.0 Å². The molecule has 3 unspecified atom stereocenters. The summed E-state index contributed by atoms with van der Waals surface area (Å²) in [5.74, 6) is -0.854. The van der Waals surface area contributed by atoms with Gasteiger partial charge in [-0.2, -0.15) is 0 Å². The molecule has 2 fully saturated rings. The summed E-state index contributed by atoms with van der Waals surface area (Å²) >= 11 is 3.85. The number of hydrogen-bond donors (Lipinski definition) is 12. The Morgan fingerprint density at radius 2 is 1.91 bits per heavy atom. The van der Waals surface area contributed by atoms with Gasteiger partial charge in [-0.05, 0) is 13.0 Å². The fourth-order valence-corrected chi connectivity index (χ4v) is 3.70. The Morgan fingerprint density at radius 1 is 1.29 bits per heavy atom. The predicted molar refractivity (Wildman–Crippen MR) is 120 cm³/mol. The molecule has 0 spiro atoms. The van der Waals surface area contributed by atoms with Gasteiger partial charge in [0, 0.05) is 31.1 Å². The minimum Gasteiger partial charge on any atom is -0.508 e. The maximum absolute atomic E-state index is 10.5. The van der Waals surface area contributed by atoms with Crippen LogP contribution in [-0.4, -0.2) is 109 Å². The molecule has 1 aliphatic heterocycles. The van der Waals surface area contributed by atoms with E-state index in [2.05, 4.69) is 12.6 Å². The maximum Gasteiger partial charge on any atom is 0.200 e. The van der Waals surface area contributed by atoms with Gasteiger partial charge in [0.2, 0.25) is 6.29 Å². The van der Waals surface area contributed by atoms with Crippen LogP contribution in [0.1, 0.15) is 19.8 Å². The highest BCUT2D eigenvalue weighted by Gasteiger charge is 2.63. The number of thiol groups is 1. The normalized spacial score (nSPS) is 37.0. The number of aliphatic hydroxyl groups excluding tert-OH is 6. The van der Waals surface area contributed by atoms with Gasteiger partial charge >= 0.3 is 0 Å². The summed E-state index contributed by atoms with van der Waals surface area (Å²) < 4.78 is 16.7. The van der Waals surface area contributed by atoms with Crippen LogP contribution in [0.25, 0.3) is 0 Å². The molecule has 1 aliphatic carbocycles. The third kappa shape index (κ3) is 6.71. The number of ether oxygens (including phenoxy) is 3. The SMILES string of the molecule is C[C@@](O)(S)C[C@@H](O)/C(O)=C(/N)[C@H](O)O[C@]1(/C(N)=C\[C@@H](N)CO)CC1O[C@@H]1O[C@H](CN)C(O)C1O. The topological polar surface area (TPSA) is 273 Å². The lowest BCUT2D eigenvalue weighted by atomic mass is 10.1. The second kappa shape index (κ2) is 11.2. The third-order valence-corrected chi connectivity index (χ3v) is 5.75. The first-order chi connectivity index (χ1) is 15.7. The minimum atomic E-state index is -2.00. The van der Waals surface area contributed by atoms with Crippen molar-refractivity contribution in [3.63, 3.8) is 0 Å². The average Bonchev–Trinajstić information content (AvgIpc) is 3.38. The summed E-state index contributed by atoms with van der Waals surface area (Å²) in [5, 5.41) is 69.8. The first-order valence-corrected chi connectivity index (χ1v) is 11.0. The highest BCUT2D eigenvalue weighted by atomic mass is 32.1. The molecule has 1 saturated carbocycles. The van der Waals surface area contributed by atoms with Crippen LogP contribution < -0.4 is 22.9 Å². The van der Waals surface area contributed by atoms with Crippen molar-refractivity contribution in [1.82, 2.24) is 0 Å². The van der Waals surface area contributed by atoms with E-state index in [0.29, 0.717) is 0 Å². The van der Waals surface area contributed by atoms with Gasteiger partial charge < -0.3 is 72.9 Å². The zero-order valence-electron chi connectivity index (χ0n) is 18.6. The van der Waals surface area contributed by atoms with Crippen molar-refractivity contribution in [2.75, 3.05) is 13.2 Å². The molecule has 0 aromatic carbocycles. The molecule has 15 heteroatoms. The standard InChI is InChI=1S/C19H36N4O10S/c1-18(30,34)3-8(25)13(26)12(23)16(29)33-19(10(22)2-7(21)6-24)4-11(19)32-17-15(28)14(27)9(5-20)31-17/h2,7-9,11,14-17,24-30,34H,3-6,20-23H2,1H3/b10-2+,13-12-/t7-,8-,9-,11?,14?,15?,16-,17+,18-,19+/m1/s1. The Morgan fingerprint density at radius 3 is 2.41 bits per heavy atom. The Bertz CT molecular complexity index is 766. The lowest BCUT2D eigenvalue weighted by molar-refractivity contribution is -0.194. The molecular weight excluding hydrogens is 476 g/mol. The van der Waals surface area contributed by atoms with E-state index < -0.39 is 84.2 Å². The Balaban J connectivity index is 2.23. The summed E-state index contributed by atoms with van der Waals surface area (Å²) in [4.78, 5) is -1.64. The zero-order valence-corrected chi connectivity index (χ0v) is 19.5. The quantitative estimate of drug-likeness (QED) is 0.0667. The van der Waals surface area contributed by atoms with Gasteiger partial charge in [0.15, 0.2) is 6.29 Å². The van der Waals surface area contributed by atoms with Crippen molar-refractivity contribution in [3.8, 4) is 0 Å². The van der Waals surface area contributed by atoms with Gasteiger partial charge in [-0.25, -0.2) is 0 Å². The Kier molecular flexibility index (Phi) is 9.59. The lowest BCUT2D eigenvalue weighted by Gasteiger charge is -2.27. The van der Waals surface area contributed by atoms with E-state index in [-0.39, 0.29) is 18.7 Å². The molecule has 1 heterocycles. The van der Waals surface area contributed by atoms with Crippen LogP contribution in [0.15, 0.2) is 23.2 Å². The highest BCUT2D eigenvalue weighted by Crippen LogP contribution is 2.49. The van der Waals surface area contributed by atoms with Crippen LogP contribution in [0.5, 0.6) is 0 Å². The van der Waals surface area contributed by atoms with Crippen molar-refractivity contribution in [2.45, 2.75) is 79.4 Å². The van der Waals surface area contributed by atoms with E-state index in [9.17, 15) is 35.7 Å². The molecule has 10 atom stereocenters. The molecule has 1 saturated heterocycles. The van der Waals surface area contributed by atoms with Crippen LogP contribution in [0, 0.1) is 0 Å². The van der Waals surface area contributed by atoms with Crippen molar-refractivity contribution < 1.29 is 50.0 Å². The fraction of sp³-hybridized carbons (Fsp3) is 0.789. The van der Waals surface area contributed by atoms with Gasteiger partial charge in [-0.1, -0.05) is 0 Å². The summed E-state index contributed by atoms with van der Waals surface area (Å²) in [5.41, 5.74) is 20.8. The van der Waals surface area contributed by atoms with Gasteiger partial charge in [-0.3, -0.25) is 0 Å². The molecule has 0 aromatic rings. The van der Waals surface area contributed by atoms with Gasteiger partial charge in [0.1, 0.15) is 46.4 Å². The second-order valence-electron chi connectivity index (χ2n) is 8.69. The summed E-state index contributed by atoms with van der Waals surface area (Å²) in [7, 11) is 0. The Hall–Kier alpha value is -1.21. The monoisotopic (exact) mass is 512 g/mol. The molecule has 34 heavy (non-hydrogen) atoms. The minimum absolute atomic E-state index is 0.0163. The van der Waals surface area contributed by atoms with E-state index in [0.717, 1.165) is 0 Å². The van der Waals surface area contributed by atoms with E-state index in [1.54, 1.807) is 0 Å². The van der Waals surface area contributed by atoms with Crippen LogP contribution in [0.4, 0.5) is 0 Å². The highest BCUT2D eigenvalue weighted by molar-refractivity contribution is 7.81. The third-order valence-electron chi connectivity index (χ3n) is 5.57. The van der Waals surface area contributed by atoms with Crippen molar-refractivity contribution in [2.24, 2.45) is 22.9 Å². The maximum atomic E-state index is 10.5. The molecule has 2 rings (SSSR count). The average molecular weight is 513 g/mol. The molecule has 0 radical (unpaired) electrons. The fourth-order valence-electron chi connectivity index (χ4n) is 3.52. The predicted octanol–water partition coefficient (Wildman–Crippen LogP) is -4.47. The molecule has 15 N–H and O–H groups in total. The van der Waals surface area contributed by atoms with Crippen LogP contribution in [0.3, 0.4) is 0 Å². The summed E-state index contributed by atoms with van der Waals surface area (Å²) in [6.07, 6.45) is -8.57. The first-order valence-electron chi connectivity index (χ1n) is 10.5.